The van der Waals surface area contributed by atoms with E-state index in [1.54, 1.807) is 0 Å². The van der Waals surface area contributed by atoms with Crippen molar-refractivity contribution >= 4 is 21.8 Å². The van der Waals surface area contributed by atoms with E-state index in [-0.39, 0.29) is 17.5 Å². The molecule has 5 heteroatoms. The van der Waals surface area contributed by atoms with Crippen LogP contribution in [0.25, 0.3) is 0 Å². The highest BCUT2D eigenvalue weighted by Gasteiger charge is 2.20. The SMILES string of the molecule is CCC(Br)C(=O)N(CC)Cc1ccc2c(c1)OCO2. The molecule has 1 aromatic carbocycles. The van der Waals surface area contributed by atoms with Crippen molar-refractivity contribution in [3.63, 3.8) is 0 Å². The van der Waals surface area contributed by atoms with Gasteiger partial charge in [0, 0.05) is 13.1 Å². The molecule has 2 rings (SSSR count). The number of ether oxygens (including phenoxy) is 2. The molecule has 104 valence electrons. The summed E-state index contributed by atoms with van der Waals surface area (Å²) in [6.07, 6.45) is 0.788. The Bertz CT molecular complexity index is 464. The monoisotopic (exact) mass is 327 g/mol. The first-order valence-corrected chi connectivity index (χ1v) is 7.38. The molecule has 1 heterocycles. The zero-order valence-electron chi connectivity index (χ0n) is 11.2. The number of hydrogen-bond donors (Lipinski definition) is 0. The molecule has 4 nitrogen and oxygen atoms in total. The van der Waals surface area contributed by atoms with E-state index in [4.69, 9.17) is 9.47 Å². The van der Waals surface area contributed by atoms with E-state index in [0.29, 0.717) is 13.1 Å². The van der Waals surface area contributed by atoms with Crippen molar-refractivity contribution in [2.24, 2.45) is 0 Å². The van der Waals surface area contributed by atoms with Gasteiger partial charge in [-0.1, -0.05) is 28.9 Å². The van der Waals surface area contributed by atoms with Crippen LogP contribution in [0.2, 0.25) is 0 Å². The van der Waals surface area contributed by atoms with Crippen molar-refractivity contribution in [3.8, 4) is 11.5 Å². The predicted molar refractivity (Wildman–Crippen MR) is 76.7 cm³/mol. The number of nitrogens with zero attached hydrogens (tertiary/aromatic N) is 1. The number of hydrogen-bond acceptors (Lipinski definition) is 3. The fourth-order valence-corrected chi connectivity index (χ4v) is 2.27. The Balaban J connectivity index is 2.08. The summed E-state index contributed by atoms with van der Waals surface area (Å²) in [5.74, 6) is 1.65. The minimum Gasteiger partial charge on any atom is -0.454 e. The number of carbonyl (C=O) groups excluding carboxylic acids is 1. The molecule has 0 N–H and O–H groups in total. The van der Waals surface area contributed by atoms with E-state index < -0.39 is 0 Å². The van der Waals surface area contributed by atoms with E-state index in [2.05, 4.69) is 15.9 Å². The Kier molecular flexibility index (Phi) is 4.69. The van der Waals surface area contributed by atoms with Gasteiger partial charge in [0.05, 0.1) is 4.83 Å². The van der Waals surface area contributed by atoms with Crippen molar-refractivity contribution in [2.75, 3.05) is 13.3 Å². The summed E-state index contributed by atoms with van der Waals surface area (Å²) < 4.78 is 10.6. The summed E-state index contributed by atoms with van der Waals surface area (Å²) in [5.41, 5.74) is 1.05. The Morgan fingerprint density at radius 3 is 2.79 bits per heavy atom. The van der Waals surface area contributed by atoms with Crippen LogP contribution in [0.5, 0.6) is 11.5 Å². The third-order valence-corrected chi connectivity index (χ3v) is 4.17. The molecule has 0 fully saturated rings. The second-order valence-electron chi connectivity index (χ2n) is 4.42. The molecular weight excluding hydrogens is 310 g/mol. The number of rotatable bonds is 5. The van der Waals surface area contributed by atoms with Crippen LogP contribution in [0.15, 0.2) is 18.2 Å². The van der Waals surface area contributed by atoms with Gasteiger partial charge in [-0.2, -0.15) is 0 Å². The van der Waals surface area contributed by atoms with Gasteiger partial charge in [-0.25, -0.2) is 0 Å². The summed E-state index contributed by atoms with van der Waals surface area (Å²) >= 11 is 3.41. The van der Waals surface area contributed by atoms with E-state index >= 15 is 0 Å². The lowest BCUT2D eigenvalue weighted by Crippen LogP contribution is -2.35. The third-order valence-electron chi connectivity index (χ3n) is 3.13. The zero-order chi connectivity index (χ0) is 13.8. The largest absolute Gasteiger partial charge is 0.454 e. The van der Waals surface area contributed by atoms with Crippen LogP contribution in [-0.4, -0.2) is 29.0 Å². The summed E-state index contributed by atoms with van der Waals surface area (Å²) in [4.78, 5) is 13.9. The van der Waals surface area contributed by atoms with E-state index in [1.165, 1.54) is 0 Å². The Labute approximate surface area is 121 Å². The maximum absolute atomic E-state index is 12.2. The standard InChI is InChI=1S/C14H18BrNO3/c1-3-11(15)14(17)16(4-2)8-10-5-6-12-13(7-10)19-9-18-12/h5-7,11H,3-4,8-9H2,1-2H3. The molecule has 1 amide bonds. The van der Waals surface area contributed by atoms with Crippen LogP contribution >= 0.6 is 15.9 Å². The number of halogens is 1. The van der Waals surface area contributed by atoms with Crippen LogP contribution in [0.1, 0.15) is 25.8 Å². The highest BCUT2D eigenvalue weighted by molar-refractivity contribution is 9.10. The van der Waals surface area contributed by atoms with Crippen LogP contribution < -0.4 is 9.47 Å². The molecule has 1 aromatic rings. The lowest BCUT2D eigenvalue weighted by molar-refractivity contribution is -0.130. The predicted octanol–water partition coefficient (Wildman–Crippen LogP) is 2.94. The van der Waals surface area contributed by atoms with Gasteiger partial charge in [0.15, 0.2) is 11.5 Å². The first-order valence-electron chi connectivity index (χ1n) is 6.47. The lowest BCUT2D eigenvalue weighted by atomic mass is 10.1. The topological polar surface area (TPSA) is 38.8 Å². The molecule has 1 unspecified atom stereocenters. The number of amides is 1. The molecule has 0 saturated heterocycles. The first kappa shape index (κ1) is 14.2. The molecule has 0 aromatic heterocycles. The second-order valence-corrected chi connectivity index (χ2v) is 5.52. The number of carbonyl (C=O) groups is 1. The van der Waals surface area contributed by atoms with Crippen molar-refractivity contribution in [2.45, 2.75) is 31.6 Å². The molecule has 0 radical (unpaired) electrons. The lowest BCUT2D eigenvalue weighted by Gasteiger charge is -2.23. The van der Waals surface area contributed by atoms with E-state index in [1.807, 2.05) is 36.9 Å². The number of alkyl halides is 1. The van der Waals surface area contributed by atoms with Crippen LogP contribution in [0.3, 0.4) is 0 Å². The average Bonchev–Trinajstić information content (AvgIpc) is 2.90. The number of benzene rings is 1. The van der Waals surface area contributed by atoms with Gasteiger partial charge < -0.3 is 14.4 Å². The molecule has 19 heavy (non-hydrogen) atoms. The Hall–Kier alpha value is -1.23. The average molecular weight is 328 g/mol. The van der Waals surface area contributed by atoms with Gasteiger partial charge in [-0.15, -0.1) is 0 Å². The fraction of sp³-hybridized carbons (Fsp3) is 0.500. The minimum absolute atomic E-state index is 0.110. The molecule has 1 aliphatic heterocycles. The second kappa shape index (κ2) is 6.28. The first-order chi connectivity index (χ1) is 9.15. The fourth-order valence-electron chi connectivity index (χ4n) is 1.98. The zero-order valence-corrected chi connectivity index (χ0v) is 12.8. The summed E-state index contributed by atoms with van der Waals surface area (Å²) in [5, 5.41) is 0. The minimum atomic E-state index is -0.110. The van der Waals surface area contributed by atoms with E-state index in [0.717, 1.165) is 23.5 Å². The molecule has 0 aliphatic carbocycles. The summed E-state index contributed by atoms with van der Waals surface area (Å²) in [6, 6.07) is 5.80. The van der Waals surface area contributed by atoms with Gasteiger partial charge >= 0.3 is 0 Å². The van der Waals surface area contributed by atoms with Crippen molar-refractivity contribution in [1.82, 2.24) is 4.90 Å². The summed E-state index contributed by atoms with van der Waals surface area (Å²) in [7, 11) is 0. The van der Waals surface area contributed by atoms with Crippen LogP contribution in [0.4, 0.5) is 0 Å². The Morgan fingerprint density at radius 1 is 1.37 bits per heavy atom. The van der Waals surface area contributed by atoms with E-state index in [9.17, 15) is 4.79 Å². The molecule has 0 saturated carbocycles. The van der Waals surface area contributed by atoms with Crippen molar-refractivity contribution in [3.05, 3.63) is 23.8 Å². The quantitative estimate of drug-likeness (QED) is 0.780. The molecule has 1 aliphatic rings. The molecule has 0 bridgehead atoms. The smallest absolute Gasteiger partial charge is 0.236 e. The number of fused-ring (bicyclic) bond motifs is 1. The third kappa shape index (κ3) is 3.21. The maximum atomic E-state index is 12.2. The maximum Gasteiger partial charge on any atom is 0.236 e. The van der Waals surface area contributed by atoms with Gasteiger partial charge in [-0.05, 0) is 31.0 Å². The van der Waals surface area contributed by atoms with Crippen LogP contribution in [0, 0.1) is 0 Å². The van der Waals surface area contributed by atoms with Gasteiger partial charge in [0.25, 0.3) is 0 Å². The van der Waals surface area contributed by atoms with Gasteiger partial charge in [0.2, 0.25) is 12.7 Å². The molecule has 1 atom stereocenters. The highest BCUT2D eigenvalue weighted by atomic mass is 79.9. The highest BCUT2D eigenvalue weighted by Crippen LogP contribution is 2.32. The van der Waals surface area contributed by atoms with Gasteiger partial charge in [0.1, 0.15) is 0 Å². The van der Waals surface area contributed by atoms with Crippen molar-refractivity contribution < 1.29 is 14.3 Å². The summed E-state index contributed by atoms with van der Waals surface area (Å²) in [6.45, 7) is 5.53. The normalized spacial score (nSPS) is 14.3. The Morgan fingerprint density at radius 2 is 2.11 bits per heavy atom. The molecule has 0 spiro atoms. The van der Waals surface area contributed by atoms with Gasteiger partial charge in [-0.3, -0.25) is 4.79 Å². The molecular formula is C14H18BrNO3. The van der Waals surface area contributed by atoms with Crippen LogP contribution in [-0.2, 0) is 11.3 Å². The van der Waals surface area contributed by atoms with Crippen molar-refractivity contribution in [1.29, 1.82) is 0 Å².